The molecule has 4 heterocycles. The van der Waals surface area contributed by atoms with E-state index in [1.165, 1.54) is 5.56 Å². The molecule has 0 aliphatic heterocycles. The van der Waals surface area contributed by atoms with E-state index in [0.29, 0.717) is 27.9 Å². The lowest BCUT2D eigenvalue weighted by atomic mass is 9.81. The van der Waals surface area contributed by atoms with E-state index in [4.69, 9.17) is 24.7 Å². The molecule has 4 aromatic carbocycles. The predicted molar refractivity (Wildman–Crippen MR) is 380 cm³/mol. The Morgan fingerprint density at radius 1 is 0.307 bits per heavy atom. The Hall–Kier alpha value is -6.52. The molecule has 0 amide bonds. The second-order valence-electron chi connectivity index (χ2n) is 29.9. The fourth-order valence-electron chi connectivity index (χ4n) is 10.2. The second kappa shape index (κ2) is 29.4. The summed E-state index contributed by atoms with van der Waals surface area (Å²) in [6.07, 6.45) is -3.18. The molecule has 8 aromatic rings. The number of aryl methyl sites for hydroxylation is 10. The van der Waals surface area contributed by atoms with E-state index >= 15 is 0 Å². The molecule has 0 aliphatic rings. The van der Waals surface area contributed by atoms with Gasteiger partial charge >= 0.3 is 0 Å². The van der Waals surface area contributed by atoms with Crippen molar-refractivity contribution >= 4 is 0 Å². The van der Waals surface area contributed by atoms with Crippen molar-refractivity contribution in [3.8, 4) is 45.0 Å². The third-order valence-corrected chi connectivity index (χ3v) is 13.8. The van der Waals surface area contributed by atoms with Crippen LogP contribution in [0, 0.1) is 73.9 Å². The molecule has 0 bridgehead atoms. The van der Waals surface area contributed by atoms with Crippen molar-refractivity contribution in [1.29, 1.82) is 0 Å². The monoisotopic (exact) mass is 1200 g/mol. The fourth-order valence-corrected chi connectivity index (χ4v) is 10.2. The average molecular weight is 1200 g/mol. The lowest BCUT2D eigenvalue weighted by Crippen LogP contribution is -2.33. The molecule has 0 saturated heterocycles. The van der Waals surface area contributed by atoms with Crippen molar-refractivity contribution in [3.63, 3.8) is 0 Å². The smallest absolute Gasteiger partial charge is 0.201 e. The zero-order valence-electron chi connectivity index (χ0n) is 76.6. The van der Waals surface area contributed by atoms with Gasteiger partial charge in [0.1, 0.15) is 28.2 Å². The maximum Gasteiger partial charge on any atom is 0.212 e. The van der Waals surface area contributed by atoms with Crippen LogP contribution >= 0.6 is 0 Å². The summed E-state index contributed by atoms with van der Waals surface area (Å²) < 4.78 is 160. The molecule has 4 heteroatoms. The maximum atomic E-state index is 8.96. The molecule has 0 spiro atoms. The number of hydrogen-bond acceptors (Lipinski definition) is 0. The van der Waals surface area contributed by atoms with Gasteiger partial charge in [0, 0.05) is 93.9 Å². The van der Waals surface area contributed by atoms with Crippen molar-refractivity contribution in [2.75, 3.05) is 0 Å². The Kier molecular flexibility index (Phi) is 16.5. The predicted octanol–water partition coefficient (Wildman–Crippen LogP) is 20.1. The molecule has 4 aromatic heterocycles. The molecule has 472 valence electrons. The van der Waals surface area contributed by atoms with Crippen LogP contribution in [0.2, 0.25) is 0 Å². The summed E-state index contributed by atoms with van der Waals surface area (Å²) in [5.41, 5.74) is 10.2. The van der Waals surface area contributed by atoms with Gasteiger partial charge < -0.3 is 0 Å². The number of pyridine rings is 4. The minimum absolute atomic E-state index is 0.0623. The molecule has 8 rings (SSSR count). The number of nitrogens with zero attached hydrogens (tertiary/aromatic N) is 4. The summed E-state index contributed by atoms with van der Waals surface area (Å²) in [5, 5.41) is 0. The first-order valence-electron chi connectivity index (χ1n) is 40.0. The summed E-state index contributed by atoms with van der Waals surface area (Å²) in [6, 6.07) is 38.2. The zero-order chi connectivity index (χ0) is 81.8. The molecule has 0 fully saturated rings. The molecule has 0 aliphatic carbocycles. The van der Waals surface area contributed by atoms with Gasteiger partial charge in [-0.1, -0.05) is 197 Å². The number of rotatable bonds is 10. The summed E-state index contributed by atoms with van der Waals surface area (Å²) >= 11 is 0. The quantitative estimate of drug-likeness (QED) is 0.121. The van der Waals surface area contributed by atoms with Gasteiger partial charge in [-0.15, -0.1) is 0 Å². The minimum Gasteiger partial charge on any atom is -0.201 e. The summed E-state index contributed by atoms with van der Waals surface area (Å²) in [4.78, 5) is 0. The Morgan fingerprint density at radius 2 is 0.636 bits per heavy atom. The third kappa shape index (κ3) is 22.8. The normalized spacial score (nSPS) is 16.4. The highest BCUT2D eigenvalue weighted by Crippen LogP contribution is 2.34. The highest BCUT2D eigenvalue weighted by atomic mass is 14.9. The second-order valence-corrected chi connectivity index (χ2v) is 29.9. The topological polar surface area (TPSA) is 15.5 Å². The highest BCUT2D eigenvalue weighted by molar-refractivity contribution is 5.65. The minimum atomic E-state index is -2.38. The van der Waals surface area contributed by atoms with Gasteiger partial charge in [0.25, 0.3) is 0 Å². The molecule has 4 nitrogen and oxygen atoms in total. The molecule has 0 unspecified atom stereocenters. The van der Waals surface area contributed by atoms with Gasteiger partial charge in [0.2, 0.25) is 22.8 Å². The van der Waals surface area contributed by atoms with Crippen LogP contribution < -0.4 is 18.3 Å². The Labute approximate surface area is 563 Å². The van der Waals surface area contributed by atoms with E-state index in [0.717, 1.165) is 61.6 Å². The molecule has 0 atom stereocenters. The van der Waals surface area contributed by atoms with E-state index in [1.807, 2.05) is 240 Å². The van der Waals surface area contributed by atoms with E-state index in [2.05, 4.69) is 19.1 Å². The summed E-state index contributed by atoms with van der Waals surface area (Å²) in [6.45, 7) is 36.6. The van der Waals surface area contributed by atoms with E-state index in [-0.39, 0.29) is 16.7 Å². The lowest BCUT2D eigenvalue weighted by molar-refractivity contribution is -0.661. The third-order valence-electron chi connectivity index (χ3n) is 13.8. The fraction of sp³-hybridized carbons (Fsp3) is 0.476. The molecule has 88 heavy (non-hydrogen) atoms. The van der Waals surface area contributed by atoms with Gasteiger partial charge in [-0.05, 0) is 181 Å². The van der Waals surface area contributed by atoms with Gasteiger partial charge in [0.05, 0.1) is 0 Å². The maximum absolute atomic E-state index is 8.96. The van der Waals surface area contributed by atoms with E-state index < -0.39 is 84.4 Å². The van der Waals surface area contributed by atoms with Crippen LogP contribution in [0.5, 0.6) is 0 Å². The lowest BCUT2D eigenvalue weighted by Gasteiger charge is -2.24. The molecule has 0 radical (unpaired) electrons. The molecular weight excluding hydrogens is 1060 g/mol. The summed E-state index contributed by atoms with van der Waals surface area (Å²) in [5.74, 6) is 0. The van der Waals surface area contributed by atoms with Crippen LogP contribution in [-0.4, -0.2) is 0 Å². The zero-order valence-corrected chi connectivity index (χ0v) is 58.6. The van der Waals surface area contributed by atoms with Gasteiger partial charge in [0.15, 0.2) is 24.8 Å². The van der Waals surface area contributed by atoms with Crippen LogP contribution in [0.3, 0.4) is 0 Å². The molecular formula is C84H120N4+4. The van der Waals surface area contributed by atoms with Crippen LogP contribution in [0.4, 0.5) is 0 Å². The van der Waals surface area contributed by atoms with E-state index in [1.54, 1.807) is 85.9 Å². The molecule has 0 saturated carbocycles. The molecule has 0 N–H and O–H groups in total. The Morgan fingerprint density at radius 3 is 0.989 bits per heavy atom. The Balaban J connectivity index is 0.000000256. The van der Waals surface area contributed by atoms with Crippen LogP contribution in [0.15, 0.2) is 146 Å². The number of hydrogen-bond donors (Lipinski definition) is 0. The first-order chi connectivity index (χ1) is 47.5. The van der Waals surface area contributed by atoms with Crippen LogP contribution in [0.1, 0.15) is 216 Å². The number of benzene rings is 4. The van der Waals surface area contributed by atoms with Crippen molar-refractivity contribution in [1.82, 2.24) is 0 Å². The van der Waals surface area contributed by atoms with Crippen molar-refractivity contribution in [3.05, 3.63) is 213 Å². The van der Waals surface area contributed by atoms with Gasteiger partial charge in [-0.25, -0.2) is 18.3 Å². The largest absolute Gasteiger partial charge is 0.212 e. The van der Waals surface area contributed by atoms with Crippen molar-refractivity contribution < 1.29 is 42.9 Å². The standard InChI is InChI=1S/C24H36N.C23H34N.C19H26N.C18H24N/c1-17-10-11-21(18(2)12-17)22-13-19(14-23(3,4)5)20(16-25(22)9)15-24(6,7)8;1-17-11-9-10-12-20(17)21-13-18(14-22(2,3)4)19(16-24(21)8)15-23(5,6)7;1-14-9-7-8-10-17(14)18-11-16(12-19(3,4)5)15(2)13-20(18)6;1-14-8-6-7-9-16(14)17-12-15(10-11-19(17)5)13-18(2,3)4/h10-13,16H,14-15H2,1-9H3;9-13,16H,14-15H2,1-8H3;7-11,13H,12H2,1-6H3;6-12H,13H2,1-5H3/q4*+1/i1D3,14D2,15D2;14D2,15D2;2D3,12D2;13D2. The SMILES string of the molecule is [2H]C([2H])([2H])c1c[n+](C)c(-c2ccccc2C)cc1C([2H])([2H])C(C)(C)C.[2H]C([2H])([2H])c1ccc(-c2cc(C([2H])([2H])C(C)(C)C)c(C([2H])([2H])C(C)(C)C)c[n+]2C)c(C)c1.[2H]C([2H])(c1cc(-c2ccccc2C)[n+](C)cc1C([2H])([2H])C(C)(C)C)C(C)(C)C.[2H]C([2H])(c1cc[n+](C)c(-c2ccccc2C)c1)C(C)(C)C. The van der Waals surface area contributed by atoms with Gasteiger partial charge in [-0.3, -0.25) is 0 Å². The highest BCUT2D eigenvalue weighted by Gasteiger charge is 2.27. The van der Waals surface area contributed by atoms with Crippen LogP contribution in [-0.2, 0) is 66.4 Å². The number of aromatic nitrogens is 4. The van der Waals surface area contributed by atoms with E-state index in [9.17, 15) is 0 Å². The summed E-state index contributed by atoms with van der Waals surface area (Å²) in [7, 11) is 7.51. The first-order valence-corrected chi connectivity index (χ1v) is 31.0. The Bertz CT molecular complexity index is 4440. The average Bonchev–Trinajstić information content (AvgIpc) is 0.742. The van der Waals surface area contributed by atoms with Crippen LogP contribution in [0.25, 0.3) is 45.0 Å². The van der Waals surface area contributed by atoms with Crippen molar-refractivity contribution in [2.45, 2.75) is 204 Å². The van der Waals surface area contributed by atoms with Crippen molar-refractivity contribution in [2.24, 2.45) is 60.7 Å². The first kappa shape index (κ1) is 49.3. The van der Waals surface area contributed by atoms with Gasteiger partial charge in [-0.2, -0.15) is 0 Å².